The summed E-state index contributed by atoms with van der Waals surface area (Å²) in [7, 11) is 0. The van der Waals surface area contributed by atoms with E-state index < -0.39 is 5.54 Å². The average molecular weight is 269 g/mol. The topological polar surface area (TPSA) is 41.1 Å². The Hall–Kier alpha value is -1.06. The molecule has 0 bridgehead atoms. The maximum atomic E-state index is 12.1. The van der Waals surface area contributed by atoms with Crippen LogP contribution in [0.5, 0.6) is 0 Å². The van der Waals surface area contributed by atoms with Crippen LogP contribution in [0.2, 0.25) is 5.02 Å². The summed E-state index contributed by atoms with van der Waals surface area (Å²) >= 11 is 6.11. The molecule has 0 aromatic heterocycles. The summed E-state index contributed by atoms with van der Waals surface area (Å²) in [6.07, 6.45) is 0. The molecule has 1 aromatic rings. The molecule has 4 heteroatoms. The van der Waals surface area contributed by atoms with Crippen molar-refractivity contribution in [3.8, 4) is 0 Å². The van der Waals surface area contributed by atoms with E-state index in [0.717, 1.165) is 12.1 Å². The van der Waals surface area contributed by atoms with Crippen molar-refractivity contribution in [2.45, 2.75) is 39.3 Å². The third kappa shape index (κ3) is 3.72. The zero-order valence-electron chi connectivity index (χ0n) is 11.4. The minimum Gasteiger partial charge on any atom is -0.348 e. The molecule has 0 unspecified atom stereocenters. The average Bonchev–Trinajstić information content (AvgIpc) is 2.29. The van der Waals surface area contributed by atoms with Crippen LogP contribution in [0.15, 0.2) is 24.3 Å². The lowest BCUT2D eigenvalue weighted by Crippen LogP contribution is -2.53. The van der Waals surface area contributed by atoms with Gasteiger partial charge in [0.25, 0.3) is 0 Å². The van der Waals surface area contributed by atoms with Crippen molar-refractivity contribution in [1.82, 2.24) is 10.6 Å². The smallest absolute Gasteiger partial charge is 0.240 e. The second kappa shape index (κ2) is 6.21. The van der Waals surface area contributed by atoms with Gasteiger partial charge in [0, 0.05) is 5.02 Å². The Morgan fingerprint density at radius 2 is 2.00 bits per heavy atom. The fourth-order valence-electron chi connectivity index (χ4n) is 1.80. The van der Waals surface area contributed by atoms with Crippen molar-refractivity contribution in [1.29, 1.82) is 0 Å². The van der Waals surface area contributed by atoms with E-state index in [-0.39, 0.29) is 11.9 Å². The predicted molar refractivity (Wildman–Crippen MR) is 75.8 cm³/mol. The Kier molecular flexibility index (Phi) is 5.17. The molecule has 0 heterocycles. The third-order valence-electron chi connectivity index (χ3n) is 2.91. The highest BCUT2D eigenvalue weighted by molar-refractivity contribution is 6.31. The summed E-state index contributed by atoms with van der Waals surface area (Å²) in [5, 5.41) is 6.80. The summed E-state index contributed by atoms with van der Waals surface area (Å²) in [6.45, 7) is 8.39. The number of carbonyl (C=O) groups excluding carboxylic acids is 1. The predicted octanol–water partition coefficient (Wildman–Crippen LogP) is 2.91. The van der Waals surface area contributed by atoms with E-state index in [1.165, 1.54) is 0 Å². The van der Waals surface area contributed by atoms with Gasteiger partial charge in [0.05, 0.1) is 11.6 Å². The molecular formula is C14H21ClN2O. The molecule has 1 atom stereocenters. The van der Waals surface area contributed by atoms with Crippen molar-refractivity contribution >= 4 is 17.5 Å². The van der Waals surface area contributed by atoms with Crippen LogP contribution < -0.4 is 10.6 Å². The molecule has 18 heavy (non-hydrogen) atoms. The summed E-state index contributed by atoms with van der Waals surface area (Å²) in [4.78, 5) is 12.1. The van der Waals surface area contributed by atoms with E-state index in [2.05, 4.69) is 10.6 Å². The minimum atomic E-state index is -0.579. The Morgan fingerprint density at radius 3 is 2.56 bits per heavy atom. The van der Waals surface area contributed by atoms with Crippen molar-refractivity contribution in [3.63, 3.8) is 0 Å². The molecule has 1 rings (SSSR count). The van der Waals surface area contributed by atoms with Crippen LogP contribution in [0.4, 0.5) is 0 Å². The SMILES string of the molecule is CCNC(C)(C)C(=O)N[C@@H](C)c1ccccc1Cl. The van der Waals surface area contributed by atoms with Gasteiger partial charge in [-0.3, -0.25) is 4.79 Å². The number of benzene rings is 1. The highest BCUT2D eigenvalue weighted by Crippen LogP contribution is 2.22. The summed E-state index contributed by atoms with van der Waals surface area (Å²) in [5.74, 6) is -0.0308. The quantitative estimate of drug-likeness (QED) is 0.862. The van der Waals surface area contributed by atoms with Crippen LogP contribution >= 0.6 is 11.6 Å². The van der Waals surface area contributed by atoms with Crippen LogP contribution in [0.1, 0.15) is 39.3 Å². The van der Waals surface area contributed by atoms with Crippen LogP contribution in [-0.2, 0) is 4.79 Å². The Bertz CT molecular complexity index is 418. The van der Waals surface area contributed by atoms with Crippen LogP contribution in [-0.4, -0.2) is 18.0 Å². The number of amides is 1. The molecule has 0 saturated carbocycles. The summed E-state index contributed by atoms with van der Waals surface area (Å²) in [5.41, 5.74) is 0.351. The molecule has 3 nitrogen and oxygen atoms in total. The first kappa shape index (κ1) is 15.0. The molecule has 0 spiro atoms. The zero-order chi connectivity index (χ0) is 13.8. The number of hydrogen-bond donors (Lipinski definition) is 2. The van der Waals surface area contributed by atoms with Gasteiger partial charge in [0.15, 0.2) is 0 Å². The molecule has 0 fully saturated rings. The van der Waals surface area contributed by atoms with E-state index in [4.69, 9.17) is 11.6 Å². The highest BCUT2D eigenvalue weighted by atomic mass is 35.5. The lowest BCUT2D eigenvalue weighted by Gasteiger charge is -2.27. The largest absolute Gasteiger partial charge is 0.348 e. The Balaban J connectivity index is 2.74. The van der Waals surface area contributed by atoms with E-state index in [9.17, 15) is 4.79 Å². The molecule has 0 radical (unpaired) electrons. The monoisotopic (exact) mass is 268 g/mol. The van der Waals surface area contributed by atoms with Gasteiger partial charge in [-0.05, 0) is 38.9 Å². The number of likely N-dealkylation sites (N-methyl/N-ethyl adjacent to an activating group) is 1. The lowest BCUT2D eigenvalue weighted by molar-refractivity contribution is -0.127. The zero-order valence-corrected chi connectivity index (χ0v) is 12.1. The standard InChI is InChI=1S/C14H21ClN2O/c1-5-16-14(3,4)13(18)17-10(2)11-8-6-7-9-12(11)15/h6-10,16H,5H2,1-4H3,(H,17,18)/t10-/m0/s1. The maximum Gasteiger partial charge on any atom is 0.240 e. The van der Waals surface area contributed by atoms with Crippen LogP contribution in [0.3, 0.4) is 0 Å². The van der Waals surface area contributed by atoms with Gasteiger partial charge < -0.3 is 10.6 Å². The van der Waals surface area contributed by atoms with Gasteiger partial charge >= 0.3 is 0 Å². The molecule has 1 aromatic carbocycles. The summed E-state index contributed by atoms with van der Waals surface area (Å²) < 4.78 is 0. The third-order valence-corrected chi connectivity index (χ3v) is 3.25. The Labute approximate surface area is 114 Å². The number of nitrogens with one attached hydrogen (secondary N) is 2. The van der Waals surface area contributed by atoms with E-state index in [1.807, 2.05) is 52.0 Å². The molecule has 1 amide bonds. The van der Waals surface area contributed by atoms with Crippen molar-refractivity contribution in [2.75, 3.05) is 6.54 Å². The van der Waals surface area contributed by atoms with Gasteiger partial charge in [-0.25, -0.2) is 0 Å². The maximum absolute atomic E-state index is 12.1. The van der Waals surface area contributed by atoms with E-state index >= 15 is 0 Å². The normalized spacial score (nSPS) is 13.2. The second-order valence-electron chi connectivity index (χ2n) is 4.87. The molecule has 0 aliphatic carbocycles. The molecule has 0 aliphatic rings. The first-order valence-electron chi connectivity index (χ1n) is 6.19. The van der Waals surface area contributed by atoms with Gasteiger partial charge in [-0.2, -0.15) is 0 Å². The number of halogens is 1. The van der Waals surface area contributed by atoms with Crippen LogP contribution in [0.25, 0.3) is 0 Å². The molecule has 0 aliphatic heterocycles. The lowest BCUT2D eigenvalue weighted by atomic mass is 10.0. The molecule has 100 valence electrons. The Morgan fingerprint density at radius 1 is 1.39 bits per heavy atom. The van der Waals surface area contributed by atoms with Gasteiger partial charge in [0.2, 0.25) is 5.91 Å². The number of carbonyl (C=O) groups is 1. The van der Waals surface area contributed by atoms with Crippen LogP contribution in [0, 0.1) is 0 Å². The fourth-order valence-corrected chi connectivity index (χ4v) is 2.10. The van der Waals surface area contributed by atoms with Crippen molar-refractivity contribution < 1.29 is 4.79 Å². The first-order chi connectivity index (χ1) is 8.38. The highest BCUT2D eigenvalue weighted by Gasteiger charge is 2.27. The van der Waals surface area contributed by atoms with E-state index in [1.54, 1.807) is 0 Å². The molecule has 0 saturated heterocycles. The fraction of sp³-hybridized carbons (Fsp3) is 0.500. The minimum absolute atomic E-state index is 0.0308. The van der Waals surface area contributed by atoms with Gasteiger partial charge in [-0.15, -0.1) is 0 Å². The second-order valence-corrected chi connectivity index (χ2v) is 5.28. The van der Waals surface area contributed by atoms with E-state index in [0.29, 0.717) is 5.02 Å². The number of rotatable bonds is 5. The molecule has 2 N–H and O–H groups in total. The summed E-state index contributed by atoms with van der Waals surface area (Å²) in [6, 6.07) is 7.44. The van der Waals surface area contributed by atoms with Crippen molar-refractivity contribution in [3.05, 3.63) is 34.9 Å². The van der Waals surface area contributed by atoms with Gasteiger partial charge in [-0.1, -0.05) is 36.7 Å². The van der Waals surface area contributed by atoms with Crippen molar-refractivity contribution in [2.24, 2.45) is 0 Å². The molecular weight excluding hydrogens is 248 g/mol. The first-order valence-corrected chi connectivity index (χ1v) is 6.56. The van der Waals surface area contributed by atoms with Gasteiger partial charge in [0.1, 0.15) is 0 Å². The number of hydrogen-bond acceptors (Lipinski definition) is 2.